The van der Waals surface area contributed by atoms with Gasteiger partial charge in [0.25, 0.3) is 0 Å². The molecule has 0 amide bonds. The molecule has 0 saturated carbocycles. The minimum absolute atomic E-state index is 0.678. The zero-order valence-corrected chi connectivity index (χ0v) is 20.5. The summed E-state index contributed by atoms with van der Waals surface area (Å²) in [5, 5.41) is 7.84. The predicted octanol–water partition coefficient (Wildman–Crippen LogP) is 6.25. The van der Waals surface area contributed by atoms with Crippen LogP contribution in [0.5, 0.6) is 0 Å². The molecule has 178 valence electrons. The molecule has 5 nitrogen and oxygen atoms in total. The Balaban J connectivity index is 1.23. The van der Waals surface area contributed by atoms with Crippen LogP contribution in [0.25, 0.3) is 22.6 Å². The monoisotopic (exact) mass is 483 g/mol. The molecule has 0 unspecified atom stereocenters. The molecule has 3 heterocycles. The Labute approximate surface area is 211 Å². The van der Waals surface area contributed by atoms with E-state index in [9.17, 15) is 0 Å². The van der Waals surface area contributed by atoms with Gasteiger partial charge in [0, 0.05) is 36.1 Å². The van der Waals surface area contributed by atoms with E-state index >= 15 is 0 Å². The fourth-order valence-electron chi connectivity index (χ4n) is 5.39. The van der Waals surface area contributed by atoms with Crippen molar-refractivity contribution in [3.8, 4) is 22.6 Å². The molecule has 1 saturated heterocycles. The fourth-order valence-corrected chi connectivity index (χ4v) is 5.60. The smallest absolute Gasteiger partial charge is 0.139 e. The van der Waals surface area contributed by atoms with E-state index in [-0.39, 0.29) is 0 Å². The standard InChI is InChI=1S/C29H30ClN5/c30-26-10-9-22(17-25(26)29-32-18-28(34-29)20-5-2-1-3-6-20)33-27-8-4-7-21-19-35(16-13-24(21)27)23-11-14-31-15-12-23/h1-10,17-18,23,31,33H,11-16,19H2,(H,32,34). The number of benzene rings is 3. The van der Waals surface area contributed by atoms with E-state index < -0.39 is 0 Å². The van der Waals surface area contributed by atoms with Crippen molar-refractivity contribution in [1.29, 1.82) is 0 Å². The van der Waals surface area contributed by atoms with Gasteiger partial charge in [-0.1, -0.05) is 54.1 Å². The molecule has 3 aromatic carbocycles. The van der Waals surface area contributed by atoms with Crippen LogP contribution >= 0.6 is 11.6 Å². The van der Waals surface area contributed by atoms with E-state index in [1.54, 1.807) is 0 Å². The normalized spacial score (nSPS) is 16.7. The second-order valence-electron chi connectivity index (χ2n) is 9.48. The number of H-pyrrole nitrogens is 1. The molecule has 0 radical (unpaired) electrons. The number of rotatable bonds is 5. The summed E-state index contributed by atoms with van der Waals surface area (Å²) in [6, 6.07) is 23.6. The lowest BCUT2D eigenvalue weighted by atomic mass is 9.94. The van der Waals surface area contributed by atoms with Crippen LogP contribution in [0.2, 0.25) is 5.02 Å². The maximum absolute atomic E-state index is 6.60. The van der Waals surface area contributed by atoms with E-state index in [2.05, 4.69) is 61.9 Å². The summed E-state index contributed by atoms with van der Waals surface area (Å²) >= 11 is 6.60. The summed E-state index contributed by atoms with van der Waals surface area (Å²) in [4.78, 5) is 10.7. The number of hydrogen-bond donors (Lipinski definition) is 3. The Bertz CT molecular complexity index is 1310. The average molecular weight is 484 g/mol. The summed E-state index contributed by atoms with van der Waals surface area (Å²) in [5.74, 6) is 0.769. The average Bonchev–Trinajstić information content (AvgIpc) is 3.41. The second-order valence-corrected chi connectivity index (χ2v) is 9.88. The number of hydrogen-bond acceptors (Lipinski definition) is 4. The second kappa shape index (κ2) is 9.86. The summed E-state index contributed by atoms with van der Waals surface area (Å²) in [6.07, 6.45) is 5.43. The van der Waals surface area contributed by atoms with E-state index in [4.69, 9.17) is 11.6 Å². The predicted molar refractivity (Wildman–Crippen MR) is 144 cm³/mol. The van der Waals surface area contributed by atoms with Crippen molar-refractivity contribution in [2.45, 2.75) is 31.8 Å². The van der Waals surface area contributed by atoms with Gasteiger partial charge in [-0.25, -0.2) is 4.98 Å². The van der Waals surface area contributed by atoms with Crippen LogP contribution in [-0.4, -0.2) is 40.5 Å². The van der Waals surface area contributed by atoms with Crippen molar-refractivity contribution < 1.29 is 0 Å². The van der Waals surface area contributed by atoms with Gasteiger partial charge in [-0.05, 0) is 73.3 Å². The zero-order chi connectivity index (χ0) is 23.6. The summed E-state index contributed by atoms with van der Waals surface area (Å²) in [7, 11) is 0. The van der Waals surface area contributed by atoms with Gasteiger partial charge >= 0.3 is 0 Å². The molecule has 2 aliphatic heterocycles. The third-order valence-electron chi connectivity index (χ3n) is 7.28. The highest BCUT2D eigenvalue weighted by atomic mass is 35.5. The number of aromatic nitrogens is 2. The number of fused-ring (bicyclic) bond motifs is 1. The lowest BCUT2D eigenvalue weighted by Crippen LogP contribution is -2.45. The third-order valence-corrected chi connectivity index (χ3v) is 7.61. The molecule has 2 aliphatic rings. The van der Waals surface area contributed by atoms with Crippen molar-refractivity contribution in [1.82, 2.24) is 20.2 Å². The maximum atomic E-state index is 6.60. The van der Waals surface area contributed by atoms with E-state index in [1.807, 2.05) is 36.5 Å². The molecule has 6 rings (SSSR count). The Kier molecular flexibility index (Phi) is 6.30. The molecule has 4 aromatic rings. The molecule has 0 aliphatic carbocycles. The number of halogens is 1. The van der Waals surface area contributed by atoms with Gasteiger partial charge < -0.3 is 15.6 Å². The van der Waals surface area contributed by atoms with E-state index in [0.29, 0.717) is 11.1 Å². The molecule has 3 N–H and O–H groups in total. The van der Waals surface area contributed by atoms with Crippen molar-refractivity contribution in [3.63, 3.8) is 0 Å². The van der Waals surface area contributed by atoms with Crippen molar-refractivity contribution in [2.75, 3.05) is 25.0 Å². The summed E-state index contributed by atoms with van der Waals surface area (Å²) < 4.78 is 0. The summed E-state index contributed by atoms with van der Waals surface area (Å²) in [5.41, 5.74) is 8.03. The van der Waals surface area contributed by atoms with Crippen molar-refractivity contribution >= 4 is 23.0 Å². The highest BCUT2D eigenvalue weighted by Gasteiger charge is 2.26. The number of piperidine rings is 1. The topological polar surface area (TPSA) is 56.0 Å². The first-order valence-corrected chi connectivity index (χ1v) is 12.9. The van der Waals surface area contributed by atoms with Crippen LogP contribution < -0.4 is 10.6 Å². The van der Waals surface area contributed by atoms with Crippen LogP contribution in [0.1, 0.15) is 24.0 Å². The number of imidazole rings is 1. The van der Waals surface area contributed by atoms with Crippen LogP contribution in [0.15, 0.2) is 72.9 Å². The van der Waals surface area contributed by atoms with Crippen LogP contribution in [0.3, 0.4) is 0 Å². The molecule has 1 aromatic heterocycles. The molecule has 6 heteroatoms. The molecular formula is C29H30ClN5. The first-order chi connectivity index (χ1) is 17.2. The quantitative estimate of drug-likeness (QED) is 0.314. The fraction of sp³-hybridized carbons (Fsp3) is 0.276. The maximum Gasteiger partial charge on any atom is 0.139 e. The number of anilines is 2. The lowest BCUT2D eigenvalue weighted by Gasteiger charge is -2.38. The summed E-state index contributed by atoms with van der Waals surface area (Å²) in [6.45, 7) is 4.43. The number of nitrogens with one attached hydrogen (secondary N) is 3. The van der Waals surface area contributed by atoms with Gasteiger partial charge in [-0.3, -0.25) is 4.90 Å². The Morgan fingerprint density at radius 1 is 0.971 bits per heavy atom. The van der Waals surface area contributed by atoms with Gasteiger partial charge in [-0.15, -0.1) is 0 Å². The molecular weight excluding hydrogens is 454 g/mol. The molecule has 35 heavy (non-hydrogen) atoms. The van der Waals surface area contributed by atoms with Gasteiger partial charge in [0.2, 0.25) is 0 Å². The van der Waals surface area contributed by atoms with Gasteiger partial charge in [-0.2, -0.15) is 0 Å². The number of nitrogens with zero attached hydrogens (tertiary/aromatic N) is 2. The van der Waals surface area contributed by atoms with Crippen LogP contribution in [0, 0.1) is 0 Å². The lowest BCUT2D eigenvalue weighted by molar-refractivity contribution is 0.147. The molecule has 1 fully saturated rings. The van der Waals surface area contributed by atoms with Crippen molar-refractivity contribution in [2.24, 2.45) is 0 Å². The SMILES string of the molecule is Clc1ccc(Nc2cccc3c2CCN(C2CCNCC2)C3)cc1-c1ncc(-c2ccccc2)[nH]1. The van der Waals surface area contributed by atoms with Crippen LogP contribution in [-0.2, 0) is 13.0 Å². The highest BCUT2D eigenvalue weighted by molar-refractivity contribution is 6.33. The van der Waals surface area contributed by atoms with E-state index in [1.165, 1.54) is 29.7 Å². The molecule has 0 bridgehead atoms. The van der Waals surface area contributed by atoms with Crippen LogP contribution in [0.4, 0.5) is 11.4 Å². The van der Waals surface area contributed by atoms with Gasteiger partial charge in [0.15, 0.2) is 0 Å². The minimum atomic E-state index is 0.678. The van der Waals surface area contributed by atoms with E-state index in [0.717, 1.165) is 60.9 Å². The highest BCUT2D eigenvalue weighted by Crippen LogP contribution is 2.34. The van der Waals surface area contributed by atoms with Gasteiger partial charge in [0.05, 0.1) is 16.9 Å². The largest absolute Gasteiger partial charge is 0.355 e. The Hall–Kier alpha value is -3.12. The Morgan fingerprint density at radius 3 is 2.69 bits per heavy atom. The molecule has 0 atom stereocenters. The zero-order valence-electron chi connectivity index (χ0n) is 19.7. The molecule has 0 spiro atoms. The first-order valence-electron chi connectivity index (χ1n) is 12.5. The first kappa shape index (κ1) is 22.4. The van der Waals surface area contributed by atoms with Gasteiger partial charge in [0.1, 0.15) is 5.82 Å². The van der Waals surface area contributed by atoms with Crippen molar-refractivity contribution in [3.05, 3.63) is 89.1 Å². The minimum Gasteiger partial charge on any atom is -0.355 e. The number of aromatic amines is 1. The third kappa shape index (κ3) is 4.72. The Morgan fingerprint density at radius 2 is 1.83 bits per heavy atom.